The van der Waals surface area contributed by atoms with Crippen LogP contribution in [0.3, 0.4) is 0 Å². The van der Waals surface area contributed by atoms with Crippen molar-refractivity contribution in [2.24, 2.45) is 5.92 Å². The summed E-state index contributed by atoms with van der Waals surface area (Å²) in [5.41, 5.74) is 0. The van der Waals surface area contributed by atoms with Crippen molar-refractivity contribution >= 4 is 0 Å². The number of likely N-dealkylation sites (N-methyl/N-ethyl adjacent to an activating group) is 2. The summed E-state index contributed by atoms with van der Waals surface area (Å²) in [5, 5.41) is 3.34. The minimum absolute atomic E-state index is 0.692. The predicted octanol–water partition coefficient (Wildman–Crippen LogP) is 1.26. The minimum atomic E-state index is 0.692. The fourth-order valence-corrected chi connectivity index (χ4v) is 2.86. The lowest BCUT2D eigenvalue weighted by atomic mass is 10.0. The number of nitrogens with zero attached hydrogens (tertiary/aromatic N) is 2. The van der Waals surface area contributed by atoms with Gasteiger partial charge in [-0.1, -0.05) is 13.8 Å². The lowest BCUT2D eigenvalue weighted by Gasteiger charge is -2.36. The predicted molar refractivity (Wildman–Crippen MR) is 70.8 cm³/mol. The van der Waals surface area contributed by atoms with Crippen LogP contribution in [0.5, 0.6) is 0 Å². The maximum absolute atomic E-state index is 3.34. The lowest BCUT2D eigenvalue weighted by molar-refractivity contribution is 0.120. The molecule has 1 rings (SSSR count). The standard InChI is InChI=1S/C13H29N3/c1-11(2)13(9-14-3)16-8-6-7-12(16)10-15(4)5/h11-14H,6-10H2,1-5H3. The molecule has 2 unspecified atom stereocenters. The molecule has 1 aliphatic heterocycles. The summed E-state index contributed by atoms with van der Waals surface area (Å²) in [5.74, 6) is 0.732. The molecule has 0 amide bonds. The van der Waals surface area contributed by atoms with Crippen LogP contribution in [0.15, 0.2) is 0 Å². The molecule has 0 spiro atoms. The van der Waals surface area contributed by atoms with Crippen LogP contribution < -0.4 is 5.32 Å². The van der Waals surface area contributed by atoms with E-state index >= 15 is 0 Å². The molecule has 0 aromatic carbocycles. The van der Waals surface area contributed by atoms with Crippen molar-refractivity contribution in [3.8, 4) is 0 Å². The van der Waals surface area contributed by atoms with E-state index in [0.717, 1.165) is 18.5 Å². The zero-order valence-electron chi connectivity index (χ0n) is 11.7. The van der Waals surface area contributed by atoms with Gasteiger partial charge in [0.25, 0.3) is 0 Å². The van der Waals surface area contributed by atoms with Gasteiger partial charge < -0.3 is 10.2 Å². The highest BCUT2D eigenvalue weighted by molar-refractivity contribution is 4.88. The molecule has 3 heteroatoms. The van der Waals surface area contributed by atoms with Crippen LogP contribution in [0.25, 0.3) is 0 Å². The average Bonchev–Trinajstić information content (AvgIpc) is 2.60. The SMILES string of the molecule is CNCC(C(C)C)N1CCCC1CN(C)C. The number of rotatable bonds is 6. The fourth-order valence-electron chi connectivity index (χ4n) is 2.86. The number of nitrogens with one attached hydrogen (secondary N) is 1. The van der Waals surface area contributed by atoms with Gasteiger partial charge in [0.2, 0.25) is 0 Å². The summed E-state index contributed by atoms with van der Waals surface area (Å²) < 4.78 is 0. The first kappa shape index (κ1) is 13.9. The van der Waals surface area contributed by atoms with Crippen molar-refractivity contribution < 1.29 is 0 Å². The van der Waals surface area contributed by atoms with E-state index < -0.39 is 0 Å². The molecule has 0 radical (unpaired) electrons. The lowest BCUT2D eigenvalue weighted by Crippen LogP contribution is -2.49. The van der Waals surface area contributed by atoms with Gasteiger partial charge in [-0.25, -0.2) is 0 Å². The van der Waals surface area contributed by atoms with E-state index in [9.17, 15) is 0 Å². The van der Waals surface area contributed by atoms with Crippen LogP contribution in [0.2, 0.25) is 0 Å². The van der Waals surface area contributed by atoms with Crippen molar-refractivity contribution in [2.75, 3.05) is 40.8 Å². The van der Waals surface area contributed by atoms with E-state index in [0.29, 0.717) is 6.04 Å². The molecule has 0 aromatic rings. The molecule has 0 bridgehead atoms. The van der Waals surface area contributed by atoms with Gasteiger partial charge in [0.15, 0.2) is 0 Å². The second-order valence-electron chi connectivity index (χ2n) is 5.67. The van der Waals surface area contributed by atoms with Gasteiger partial charge in [-0.05, 0) is 46.4 Å². The Morgan fingerprint density at radius 1 is 1.38 bits per heavy atom. The van der Waals surface area contributed by atoms with E-state index in [1.54, 1.807) is 0 Å². The van der Waals surface area contributed by atoms with Gasteiger partial charge in [0.05, 0.1) is 0 Å². The van der Waals surface area contributed by atoms with E-state index in [-0.39, 0.29) is 0 Å². The molecule has 96 valence electrons. The van der Waals surface area contributed by atoms with Crippen molar-refractivity contribution in [2.45, 2.75) is 38.8 Å². The van der Waals surface area contributed by atoms with Crippen LogP contribution in [0.4, 0.5) is 0 Å². The highest BCUT2D eigenvalue weighted by Crippen LogP contribution is 2.23. The molecule has 0 aromatic heterocycles. The molecular weight excluding hydrogens is 198 g/mol. The normalized spacial score (nSPS) is 24.6. The second kappa shape index (κ2) is 6.58. The summed E-state index contributed by atoms with van der Waals surface area (Å²) in [6, 6.07) is 1.45. The van der Waals surface area contributed by atoms with Crippen LogP contribution in [0.1, 0.15) is 26.7 Å². The molecule has 1 N–H and O–H groups in total. The highest BCUT2D eigenvalue weighted by Gasteiger charge is 2.31. The molecule has 16 heavy (non-hydrogen) atoms. The Balaban J connectivity index is 2.59. The average molecular weight is 227 g/mol. The van der Waals surface area contributed by atoms with E-state index in [2.05, 4.69) is 50.1 Å². The van der Waals surface area contributed by atoms with Crippen LogP contribution in [-0.4, -0.2) is 62.7 Å². The van der Waals surface area contributed by atoms with Gasteiger partial charge in [-0.3, -0.25) is 4.90 Å². The van der Waals surface area contributed by atoms with Crippen molar-refractivity contribution in [3.63, 3.8) is 0 Å². The third-order valence-corrected chi connectivity index (χ3v) is 3.61. The van der Waals surface area contributed by atoms with Crippen molar-refractivity contribution in [3.05, 3.63) is 0 Å². The van der Waals surface area contributed by atoms with Crippen molar-refractivity contribution in [1.82, 2.24) is 15.1 Å². The molecule has 3 nitrogen and oxygen atoms in total. The zero-order valence-corrected chi connectivity index (χ0v) is 11.7. The summed E-state index contributed by atoms with van der Waals surface area (Å²) in [4.78, 5) is 5.04. The van der Waals surface area contributed by atoms with Crippen LogP contribution in [-0.2, 0) is 0 Å². The van der Waals surface area contributed by atoms with Crippen molar-refractivity contribution in [1.29, 1.82) is 0 Å². The minimum Gasteiger partial charge on any atom is -0.318 e. The first-order valence-corrected chi connectivity index (χ1v) is 6.61. The Kier molecular flexibility index (Phi) is 5.73. The summed E-state index contributed by atoms with van der Waals surface area (Å²) in [7, 11) is 6.42. The Hall–Kier alpha value is -0.120. The first-order valence-electron chi connectivity index (χ1n) is 6.61. The Labute approximate surface area is 101 Å². The summed E-state index contributed by atoms with van der Waals surface area (Å²) in [6.07, 6.45) is 2.73. The van der Waals surface area contributed by atoms with Gasteiger partial charge in [-0.2, -0.15) is 0 Å². The maximum atomic E-state index is 3.34. The van der Waals surface area contributed by atoms with Gasteiger partial charge in [-0.15, -0.1) is 0 Å². The quantitative estimate of drug-likeness (QED) is 0.737. The molecule has 1 fully saturated rings. The number of likely N-dealkylation sites (tertiary alicyclic amines) is 1. The molecule has 1 heterocycles. The van der Waals surface area contributed by atoms with Gasteiger partial charge in [0.1, 0.15) is 0 Å². The van der Waals surface area contributed by atoms with Crippen LogP contribution >= 0.6 is 0 Å². The Morgan fingerprint density at radius 2 is 2.06 bits per heavy atom. The molecule has 1 aliphatic rings. The number of hydrogen-bond acceptors (Lipinski definition) is 3. The highest BCUT2D eigenvalue weighted by atomic mass is 15.3. The topological polar surface area (TPSA) is 18.5 Å². The Bertz CT molecular complexity index is 192. The zero-order chi connectivity index (χ0) is 12.1. The summed E-state index contributed by atoms with van der Waals surface area (Å²) in [6.45, 7) is 8.28. The van der Waals surface area contributed by atoms with E-state index in [4.69, 9.17) is 0 Å². The first-order chi connectivity index (χ1) is 7.56. The van der Waals surface area contributed by atoms with E-state index in [1.165, 1.54) is 25.9 Å². The fraction of sp³-hybridized carbons (Fsp3) is 1.00. The van der Waals surface area contributed by atoms with Gasteiger partial charge >= 0.3 is 0 Å². The molecule has 0 saturated carbocycles. The molecule has 2 atom stereocenters. The molecular formula is C13H29N3. The smallest absolute Gasteiger partial charge is 0.0246 e. The van der Waals surface area contributed by atoms with Gasteiger partial charge in [0, 0.05) is 25.2 Å². The molecule has 0 aliphatic carbocycles. The molecule has 1 saturated heterocycles. The Morgan fingerprint density at radius 3 is 2.56 bits per heavy atom. The maximum Gasteiger partial charge on any atom is 0.0246 e. The van der Waals surface area contributed by atoms with E-state index in [1.807, 2.05) is 0 Å². The largest absolute Gasteiger partial charge is 0.318 e. The monoisotopic (exact) mass is 227 g/mol. The third kappa shape index (κ3) is 3.72. The van der Waals surface area contributed by atoms with Crippen LogP contribution in [0, 0.1) is 5.92 Å². The second-order valence-corrected chi connectivity index (χ2v) is 5.67. The summed E-state index contributed by atoms with van der Waals surface area (Å²) >= 11 is 0. The third-order valence-electron chi connectivity index (χ3n) is 3.61. The number of hydrogen-bond donors (Lipinski definition) is 1.